The molecule has 1 N–H and O–H groups in total. The number of nitrogens with zero attached hydrogens (tertiary/aromatic N) is 3. The minimum atomic E-state index is -0.709. The first kappa shape index (κ1) is 13.5. The third-order valence-corrected chi connectivity index (χ3v) is 3.36. The zero-order valence-corrected chi connectivity index (χ0v) is 11.3. The lowest BCUT2D eigenvalue weighted by atomic mass is 10.2. The van der Waals surface area contributed by atoms with E-state index in [-0.39, 0.29) is 12.5 Å². The van der Waals surface area contributed by atoms with Crippen molar-refractivity contribution in [3.8, 4) is 5.75 Å². The Labute approximate surface area is 122 Å². The number of hydrogen-bond acceptors (Lipinski definition) is 5. The zero-order chi connectivity index (χ0) is 14.7. The predicted molar refractivity (Wildman–Crippen MR) is 74.8 cm³/mol. The number of likely N-dealkylation sites (tertiary alicyclic amines) is 1. The normalized spacial score (nSPS) is 21.3. The molecule has 1 fully saturated rings. The molecule has 3 rings (SSSR count). The summed E-state index contributed by atoms with van der Waals surface area (Å²) in [5.41, 5.74) is 0.407. The highest BCUT2D eigenvalue weighted by Crippen LogP contribution is 2.19. The van der Waals surface area contributed by atoms with Gasteiger partial charge in [-0.25, -0.2) is 9.97 Å². The van der Waals surface area contributed by atoms with E-state index < -0.39 is 12.2 Å². The summed E-state index contributed by atoms with van der Waals surface area (Å²) >= 11 is 0. The van der Waals surface area contributed by atoms with Gasteiger partial charge in [-0.2, -0.15) is 0 Å². The van der Waals surface area contributed by atoms with Crippen LogP contribution in [0.1, 0.15) is 10.4 Å². The maximum Gasteiger partial charge on any atom is 0.257 e. The van der Waals surface area contributed by atoms with Gasteiger partial charge in [0.05, 0.1) is 18.7 Å². The topological polar surface area (TPSA) is 75.6 Å². The molecule has 0 radical (unpaired) electrons. The van der Waals surface area contributed by atoms with Crippen molar-refractivity contribution < 1.29 is 14.6 Å². The maximum atomic E-state index is 12.3. The van der Waals surface area contributed by atoms with Crippen molar-refractivity contribution in [2.75, 3.05) is 13.1 Å². The zero-order valence-electron chi connectivity index (χ0n) is 11.3. The largest absolute Gasteiger partial charge is 0.486 e. The van der Waals surface area contributed by atoms with Gasteiger partial charge >= 0.3 is 0 Å². The molecule has 2 heterocycles. The molecule has 6 heteroatoms. The Balaban J connectivity index is 1.67. The SMILES string of the molecule is O=C(c1cncnc1)N1C[C@@H](O)[C@H](Oc2ccccc2)C1. The second kappa shape index (κ2) is 5.88. The monoisotopic (exact) mass is 285 g/mol. The summed E-state index contributed by atoms with van der Waals surface area (Å²) in [7, 11) is 0. The Morgan fingerprint density at radius 1 is 1.19 bits per heavy atom. The van der Waals surface area contributed by atoms with Crippen molar-refractivity contribution in [3.05, 3.63) is 54.6 Å². The number of aliphatic hydroxyl groups excluding tert-OH is 1. The summed E-state index contributed by atoms with van der Waals surface area (Å²) in [6.07, 6.45) is 3.16. The molecular formula is C15H15N3O3. The van der Waals surface area contributed by atoms with Crippen LogP contribution < -0.4 is 4.74 Å². The lowest BCUT2D eigenvalue weighted by Crippen LogP contribution is -2.31. The fourth-order valence-electron chi connectivity index (χ4n) is 2.30. The van der Waals surface area contributed by atoms with Gasteiger partial charge in [-0.1, -0.05) is 18.2 Å². The lowest BCUT2D eigenvalue weighted by molar-refractivity contribution is 0.0729. The number of ether oxygens (including phenoxy) is 1. The van der Waals surface area contributed by atoms with Gasteiger partial charge in [0, 0.05) is 12.4 Å². The number of benzene rings is 1. The van der Waals surface area contributed by atoms with E-state index in [1.165, 1.54) is 18.7 Å². The molecule has 0 unspecified atom stereocenters. The number of amides is 1. The molecule has 2 atom stereocenters. The average molecular weight is 285 g/mol. The van der Waals surface area contributed by atoms with Gasteiger partial charge in [-0.05, 0) is 12.1 Å². The molecule has 1 aromatic carbocycles. The first-order valence-corrected chi connectivity index (χ1v) is 6.68. The van der Waals surface area contributed by atoms with Crippen molar-refractivity contribution >= 4 is 5.91 Å². The van der Waals surface area contributed by atoms with E-state index in [0.717, 1.165) is 0 Å². The second-order valence-corrected chi connectivity index (χ2v) is 4.87. The fraction of sp³-hybridized carbons (Fsp3) is 0.267. The molecule has 1 amide bonds. The van der Waals surface area contributed by atoms with Gasteiger partial charge < -0.3 is 14.7 Å². The fourth-order valence-corrected chi connectivity index (χ4v) is 2.30. The van der Waals surface area contributed by atoms with Crippen LogP contribution in [0.2, 0.25) is 0 Å². The summed E-state index contributed by atoms with van der Waals surface area (Å²) in [6, 6.07) is 9.26. The summed E-state index contributed by atoms with van der Waals surface area (Å²) < 4.78 is 5.73. The Kier molecular flexibility index (Phi) is 3.79. The van der Waals surface area contributed by atoms with E-state index in [0.29, 0.717) is 17.9 Å². The van der Waals surface area contributed by atoms with Gasteiger partial charge in [-0.15, -0.1) is 0 Å². The van der Waals surface area contributed by atoms with Crippen molar-refractivity contribution in [2.24, 2.45) is 0 Å². The number of para-hydroxylation sites is 1. The van der Waals surface area contributed by atoms with Crippen LogP contribution in [0.5, 0.6) is 5.75 Å². The second-order valence-electron chi connectivity index (χ2n) is 4.87. The first-order chi connectivity index (χ1) is 10.2. The number of carbonyl (C=O) groups excluding carboxylic acids is 1. The Bertz CT molecular complexity index is 606. The Morgan fingerprint density at radius 2 is 1.90 bits per heavy atom. The third kappa shape index (κ3) is 3.00. The highest BCUT2D eigenvalue weighted by molar-refractivity contribution is 5.93. The van der Waals surface area contributed by atoms with Crippen LogP contribution >= 0.6 is 0 Å². The van der Waals surface area contributed by atoms with Crippen LogP contribution in [0, 0.1) is 0 Å². The molecule has 21 heavy (non-hydrogen) atoms. The number of rotatable bonds is 3. The summed E-state index contributed by atoms with van der Waals surface area (Å²) in [4.78, 5) is 21.5. The minimum absolute atomic E-state index is 0.200. The van der Waals surface area contributed by atoms with Crippen LogP contribution in [-0.4, -0.2) is 51.2 Å². The highest BCUT2D eigenvalue weighted by Gasteiger charge is 2.36. The molecule has 1 aromatic heterocycles. The van der Waals surface area contributed by atoms with Crippen molar-refractivity contribution in [2.45, 2.75) is 12.2 Å². The van der Waals surface area contributed by atoms with E-state index in [9.17, 15) is 9.90 Å². The molecule has 1 aliphatic heterocycles. The third-order valence-electron chi connectivity index (χ3n) is 3.36. The lowest BCUT2D eigenvalue weighted by Gasteiger charge is -2.17. The molecule has 2 aromatic rings. The van der Waals surface area contributed by atoms with E-state index in [2.05, 4.69) is 9.97 Å². The van der Waals surface area contributed by atoms with Crippen molar-refractivity contribution in [3.63, 3.8) is 0 Å². The van der Waals surface area contributed by atoms with Gasteiger partial charge in [0.15, 0.2) is 0 Å². The number of aromatic nitrogens is 2. The van der Waals surface area contributed by atoms with E-state index in [1.54, 1.807) is 4.90 Å². The van der Waals surface area contributed by atoms with Gasteiger partial charge in [0.25, 0.3) is 5.91 Å². The minimum Gasteiger partial charge on any atom is -0.486 e. The quantitative estimate of drug-likeness (QED) is 0.900. The number of carbonyl (C=O) groups is 1. The summed E-state index contributed by atoms with van der Waals surface area (Å²) in [6.45, 7) is 0.578. The molecular weight excluding hydrogens is 270 g/mol. The Morgan fingerprint density at radius 3 is 2.62 bits per heavy atom. The van der Waals surface area contributed by atoms with Crippen LogP contribution in [0.3, 0.4) is 0 Å². The standard InChI is InChI=1S/C15H15N3O3/c19-13-8-18(15(20)11-6-16-10-17-7-11)9-14(13)21-12-4-2-1-3-5-12/h1-7,10,13-14,19H,8-9H2/t13-,14-/m1/s1. The van der Waals surface area contributed by atoms with Crippen LogP contribution in [0.25, 0.3) is 0 Å². The number of β-amino-alcohol motifs (C(OH)–C–C–N with tert-alkyl or cyclic N) is 1. The van der Waals surface area contributed by atoms with E-state index in [1.807, 2.05) is 30.3 Å². The molecule has 0 saturated carbocycles. The molecule has 1 aliphatic rings. The van der Waals surface area contributed by atoms with Crippen LogP contribution in [-0.2, 0) is 0 Å². The smallest absolute Gasteiger partial charge is 0.257 e. The van der Waals surface area contributed by atoms with E-state index >= 15 is 0 Å². The summed E-state index contributed by atoms with van der Waals surface area (Å²) in [5.74, 6) is 0.479. The van der Waals surface area contributed by atoms with Crippen LogP contribution in [0.15, 0.2) is 49.1 Å². The van der Waals surface area contributed by atoms with Gasteiger partial charge in [-0.3, -0.25) is 4.79 Å². The van der Waals surface area contributed by atoms with Gasteiger partial charge in [0.1, 0.15) is 24.3 Å². The van der Waals surface area contributed by atoms with Crippen molar-refractivity contribution in [1.82, 2.24) is 14.9 Å². The number of hydrogen-bond donors (Lipinski definition) is 1. The van der Waals surface area contributed by atoms with E-state index in [4.69, 9.17) is 4.74 Å². The molecule has 1 saturated heterocycles. The Hall–Kier alpha value is -2.47. The average Bonchev–Trinajstić information content (AvgIpc) is 2.89. The molecule has 0 bridgehead atoms. The molecule has 108 valence electrons. The predicted octanol–water partition coefficient (Wildman–Crippen LogP) is 0.741. The van der Waals surface area contributed by atoms with Crippen molar-refractivity contribution in [1.29, 1.82) is 0 Å². The van der Waals surface area contributed by atoms with Gasteiger partial charge in [0.2, 0.25) is 0 Å². The summed E-state index contributed by atoms with van der Waals surface area (Å²) in [5, 5.41) is 10.1. The first-order valence-electron chi connectivity index (χ1n) is 6.68. The molecule has 6 nitrogen and oxygen atoms in total. The molecule has 0 aliphatic carbocycles. The maximum absolute atomic E-state index is 12.3. The molecule has 0 spiro atoms. The van der Waals surface area contributed by atoms with Crippen LogP contribution in [0.4, 0.5) is 0 Å². The highest BCUT2D eigenvalue weighted by atomic mass is 16.5. The number of aliphatic hydroxyl groups is 1.